The molecule has 0 atom stereocenters. The molecular formula is C20H22N4O7. The zero-order valence-electron chi connectivity index (χ0n) is 16.9. The van der Waals surface area contributed by atoms with Crippen molar-refractivity contribution in [1.29, 1.82) is 0 Å². The number of hydrogen-bond donors (Lipinski definition) is 1. The van der Waals surface area contributed by atoms with Gasteiger partial charge in [-0.3, -0.25) is 25.1 Å². The number of nitro benzene ring substituents is 2. The molecular weight excluding hydrogens is 408 g/mol. The Balaban J connectivity index is 1.91. The van der Waals surface area contributed by atoms with E-state index in [0.717, 1.165) is 43.5 Å². The quantitative estimate of drug-likeness (QED) is 0.380. The molecule has 31 heavy (non-hydrogen) atoms. The summed E-state index contributed by atoms with van der Waals surface area (Å²) in [5.74, 6) is -0.907. The number of methoxy groups -OCH3 is 1. The first-order chi connectivity index (χ1) is 14.9. The normalized spacial score (nSPS) is 14.1. The summed E-state index contributed by atoms with van der Waals surface area (Å²) in [4.78, 5) is 35.6. The van der Waals surface area contributed by atoms with Crippen molar-refractivity contribution >= 4 is 23.0 Å². The Morgan fingerprint density at radius 2 is 1.81 bits per heavy atom. The molecule has 0 saturated carbocycles. The van der Waals surface area contributed by atoms with E-state index < -0.39 is 27.2 Å². The van der Waals surface area contributed by atoms with Gasteiger partial charge in [0, 0.05) is 32.2 Å². The highest BCUT2D eigenvalue weighted by Gasteiger charge is 2.28. The number of anilines is 1. The number of nitro groups is 2. The van der Waals surface area contributed by atoms with Crippen molar-refractivity contribution in [2.24, 2.45) is 0 Å². The summed E-state index contributed by atoms with van der Waals surface area (Å²) >= 11 is 0. The zero-order chi connectivity index (χ0) is 22.4. The molecule has 3 rings (SSSR count). The maximum atomic E-state index is 12.2. The SMILES string of the molecule is COC(=O)c1cc([N+](=O)[O-])cc([N+](=O)[O-])c1NCc1ccccc1CN1CCOCC1. The average molecular weight is 430 g/mol. The predicted octanol–water partition coefficient (Wildman–Crippen LogP) is 2.73. The highest BCUT2D eigenvalue weighted by molar-refractivity contribution is 5.99. The first kappa shape index (κ1) is 22.1. The van der Waals surface area contributed by atoms with Crippen LogP contribution >= 0.6 is 0 Å². The summed E-state index contributed by atoms with van der Waals surface area (Å²) in [5, 5.41) is 25.7. The highest BCUT2D eigenvalue weighted by Crippen LogP contribution is 2.34. The lowest BCUT2D eigenvalue weighted by Gasteiger charge is -2.27. The third-order valence-corrected chi connectivity index (χ3v) is 4.99. The van der Waals surface area contributed by atoms with E-state index in [1.807, 2.05) is 24.3 Å². The van der Waals surface area contributed by atoms with Crippen LogP contribution in [0.3, 0.4) is 0 Å². The molecule has 164 valence electrons. The Morgan fingerprint density at radius 3 is 2.42 bits per heavy atom. The number of carbonyl (C=O) groups is 1. The highest BCUT2D eigenvalue weighted by atomic mass is 16.6. The van der Waals surface area contributed by atoms with E-state index in [0.29, 0.717) is 19.8 Å². The number of hydrogen-bond acceptors (Lipinski definition) is 9. The maximum absolute atomic E-state index is 12.2. The molecule has 1 aliphatic rings. The first-order valence-corrected chi connectivity index (χ1v) is 9.56. The lowest BCUT2D eigenvalue weighted by atomic mass is 10.1. The molecule has 2 aromatic rings. The molecule has 11 nitrogen and oxygen atoms in total. The van der Waals surface area contributed by atoms with Gasteiger partial charge in [-0.25, -0.2) is 4.79 Å². The molecule has 1 heterocycles. The van der Waals surface area contributed by atoms with Gasteiger partial charge in [0.25, 0.3) is 11.4 Å². The van der Waals surface area contributed by atoms with Crippen LogP contribution in [0.2, 0.25) is 0 Å². The number of nitrogens with one attached hydrogen (secondary N) is 1. The summed E-state index contributed by atoms with van der Waals surface area (Å²) in [6.45, 7) is 3.82. The second-order valence-corrected chi connectivity index (χ2v) is 6.90. The van der Waals surface area contributed by atoms with E-state index in [1.54, 1.807) is 0 Å². The first-order valence-electron chi connectivity index (χ1n) is 9.56. The van der Waals surface area contributed by atoms with Gasteiger partial charge in [0.2, 0.25) is 0 Å². The Kier molecular flexibility index (Phi) is 7.11. The Bertz CT molecular complexity index is 989. The van der Waals surface area contributed by atoms with E-state index in [2.05, 4.69) is 15.0 Å². The van der Waals surface area contributed by atoms with Crippen LogP contribution in [0.5, 0.6) is 0 Å². The maximum Gasteiger partial charge on any atom is 0.340 e. The number of non-ortho nitro benzene ring substituents is 1. The van der Waals surface area contributed by atoms with Crippen LogP contribution in [0, 0.1) is 20.2 Å². The number of nitrogens with zero attached hydrogens (tertiary/aromatic N) is 3. The summed E-state index contributed by atoms with van der Waals surface area (Å²) in [6, 6.07) is 9.42. The molecule has 0 aliphatic carbocycles. The molecule has 0 bridgehead atoms. The minimum Gasteiger partial charge on any atom is -0.465 e. The summed E-state index contributed by atoms with van der Waals surface area (Å²) < 4.78 is 10.1. The summed E-state index contributed by atoms with van der Waals surface area (Å²) in [6.07, 6.45) is 0. The zero-order valence-corrected chi connectivity index (χ0v) is 16.9. The molecule has 1 aliphatic heterocycles. The number of ether oxygens (including phenoxy) is 2. The van der Waals surface area contributed by atoms with E-state index in [9.17, 15) is 25.0 Å². The van der Waals surface area contributed by atoms with E-state index in [1.165, 1.54) is 0 Å². The molecule has 0 amide bonds. The molecule has 1 fully saturated rings. The standard InChI is InChI=1S/C20H22N4O7/c1-30-20(25)17-10-16(23(26)27)11-18(24(28)29)19(17)21-12-14-4-2-3-5-15(14)13-22-6-8-31-9-7-22/h2-5,10-11,21H,6-9,12-13H2,1H3. The Morgan fingerprint density at radius 1 is 1.13 bits per heavy atom. The number of rotatable bonds is 8. The molecule has 0 radical (unpaired) electrons. The smallest absolute Gasteiger partial charge is 0.340 e. The summed E-state index contributed by atoms with van der Waals surface area (Å²) in [5.41, 5.74) is 0.391. The van der Waals surface area contributed by atoms with Crippen molar-refractivity contribution < 1.29 is 24.1 Å². The molecule has 0 aromatic heterocycles. The minimum atomic E-state index is -0.907. The fraction of sp³-hybridized carbons (Fsp3) is 0.350. The fourth-order valence-electron chi connectivity index (χ4n) is 3.39. The van der Waals surface area contributed by atoms with Gasteiger partial charge in [-0.1, -0.05) is 24.3 Å². The van der Waals surface area contributed by atoms with Crippen LogP contribution < -0.4 is 5.32 Å². The van der Waals surface area contributed by atoms with E-state index in [-0.39, 0.29) is 17.8 Å². The third-order valence-electron chi connectivity index (χ3n) is 4.99. The molecule has 1 saturated heterocycles. The van der Waals surface area contributed by atoms with E-state index in [4.69, 9.17) is 4.74 Å². The second-order valence-electron chi connectivity index (χ2n) is 6.90. The predicted molar refractivity (Wildman–Crippen MR) is 111 cm³/mol. The van der Waals surface area contributed by atoms with Gasteiger partial charge >= 0.3 is 5.97 Å². The van der Waals surface area contributed by atoms with Crippen molar-refractivity contribution in [3.63, 3.8) is 0 Å². The second kappa shape index (κ2) is 9.96. The molecule has 0 unspecified atom stereocenters. The fourth-order valence-corrected chi connectivity index (χ4v) is 3.39. The molecule has 11 heteroatoms. The van der Waals surface area contributed by atoms with Gasteiger partial charge in [0.15, 0.2) is 0 Å². The van der Waals surface area contributed by atoms with Crippen LogP contribution in [-0.2, 0) is 22.6 Å². The van der Waals surface area contributed by atoms with Gasteiger partial charge in [-0.2, -0.15) is 0 Å². The van der Waals surface area contributed by atoms with Crippen molar-refractivity contribution in [3.05, 3.63) is 73.3 Å². The Hall–Kier alpha value is -3.57. The number of carbonyl (C=O) groups excluding carboxylic acids is 1. The van der Waals surface area contributed by atoms with Gasteiger partial charge < -0.3 is 14.8 Å². The van der Waals surface area contributed by atoms with Crippen LogP contribution in [0.4, 0.5) is 17.1 Å². The van der Waals surface area contributed by atoms with Crippen molar-refractivity contribution in [3.8, 4) is 0 Å². The van der Waals surface area contributed by atoms with Crippen molar-refractivity contribution in [1.82, 2.24) is 4.90 Å². The third kappa shape index (κ3) is 5.32. The molecule has 2 aromatic carbocycles. The van der Waals surface area contributed by atoms with Crippen LogP contribution in [0.15, 0.2) is 36.4 Å². The van der Waals surface area contributed by atoms with Crippen molar-refractivity contribution in [2.75, 3.05) is 38.7 Å². The van der Waals surface area contributed by atoms with Gasteiger partial charge in [0.1, 0.15) is 5.69 Å². The van der Waals surface area contributed by atoms with Crippen molar-refractivity contribution in [2.45, 2.75) is 13.1 Å². The lowest BCUT2D eigenvalue weighted by Crippen LogP contribution is -2.35. The topological polar surface area (TPSA) is 137 Å². The minimum absolute atomic E-state index is 0.122. The van der Waals surface area contributed by atoms with Gasteiger partial charge in [0.05, 0.1) is 41.8 Å². The number of morpholine rings is 1. The Labute approximate surface area is 177 Å². The summed E-state index contributed by atoms with van der Waals surface area (Å²) in [7, 11) is 1.11. The van der Waals surface area contributed by atoms with Crippen LogP contribution in [0.1, 0.15) is 21.5 Å². The van der Waals surface area contributed by atoms with Crippen LogP contribution in [0.25, 0.3) is 0 Å². The average Bonchev–Trinajstić information content (AvgIpc) is 2.78. The number of esters is 1. The van der Waals surface area contributed by atoms with Crippen LogP contribution in [-0.4, -0.2) is 54.1 Å². The van der Waals surface area contributed by atoms with Gasteiger partial charge in [-0.05, 0) is 11.1 Å². The lowest BCUT2D eigenvalue weighted by molar-refractivity contribution is -0.393. The van der Waals surface area contributed by atoms with Gasteiger partial charge in [-0.15, -0.1) is 0 Å². The monoisotopic (exact) mass is 430 g/mol. The molecule has 0 spiro atoms. The number of benzene rings is 2. The largest absolute Gasteiger partial charge is 0.465 e. The van der Waals surface area contributed by atoms with E-state index >= 15 is 0 Å². The molecule has 1 N–H and O–H groups in total.